The van der Waals surface area contributed by atoms with Gasteiger partial charge in [-0.2, -0.15) is 5.10 Å². The van der Waals surface area contributed by atoms with E-state index in [1.807, 2.05) is 6.92 Å². The average molecular weight is 273 g/mol. The fraction of sp³-hybridized carbons (Fsp3) is 0.273. The lowest BCUT2D eigenvalue weighted by atomic mass is 10.1. The molecule has 1 aromatic rings. The predicted octanol–water partition coefficient (Wildman–Crippen LogP) is 3.03. The van der Waals surface area contributed by atoms with Crippen molar-refractivity contribution >= 4 is 40.6 Å². The molecule has 1 aliphatic heterocycles. The van der Waals surface area contributed by atoms with E-state index in [0.29, 0.717) is 22.2 Å². The van der Waals surface area contributed by atoms with Gasteiger partial charge in [-0.3, -0.25) is 5.01 Å². The monoisotopic (exact) mass is 272 g/mol. The van der Waals surface area contributed by atoms with Crippen LogP contribution in [0.4, 0.5) is 5.69 Å². The van der Waals surface area contributed by atoms with Crippen LogP contribution in [0.5, 0.6) is 0 Å². The van der Waals surface area contributed by atoms with E-state index in [4.69, 9.17) is 28.3 Å². The molecule has 0 amide bonds. The van der Waals surface area contributed by atoms with Crippen LogP contribution in [-0.4, -0.2) is 22.8 Å². The van der Waals surface area contributed by atoms with E-state index in [-0.39, 0.29) is 11.8 Å². The zero-order valence-electron chi connectivity index (χ0n) is 9.02. The summed E-state index contributed by atoms with van der Waals surface area (Å²) in [4.78, 5) is 10.9. The van der Waals surface area contributed by atoms with Gasteiger partial charge in [-0.1, -0.05) is 23.2 Å². The maximum Gasteiger partial charge on any atom is 0.352 e. The highest BCUT2D eigenvalue weighted by Crippen LogP contribution is 2.33. The number of aliphatic carboxylic acids is 1. The fourth-order valence-corrected chi connectivity index (χ4v) is 2.22. The largest absolute Gasteiger partial charge is 0.477 e. The number of halogens is 2. The van der Waals surface area contributed by atoms with E-state index in [0.717, 1.165) is 0 Å². The van der Waals surface area contributed by atoms with E-state index in [1.165, 1.54) is 0 Å². The first kappa shape index (κ1) is 12.2. The Labute approximate surface area is 108 Å². The van der Waals surface area contributed by atoms with Gasteiger partial charge in [0.05, 0.1) is 16.8 Å². The van der Waals surface area contributed by atoms with Crippen molar-refractivity contribution in [2.45, 2.75) is 19.4 Å². The Morgan fingerprint density at radius 3 is 2.76 bits per heavy atom. The highest BCUT2D eigenvalue weighted by atomic mass is 35.5. The van der Waals surface area contributed by atoms with Crippen molar-refractivity contribution < 1.29 is 9.90 Å². The van der Waals surface area contributed by atoms with Crippen molar-refractivity contribution in [1.82, 2.24) is 0 Å². The molecule has 0 bridgehead atoms. The second-order valence-electron chi connectivity index (χ2n) is 3.85. The Balaban J connectivity index is 2.37. The van der Waals surface area contributed by atoms with Crippen LogP contribution in [-0.2, 0) is 4.79 Å². The number of hydrazone groups is 1. The average Bonchev–Trinajstić information content (AvgIpc) is 2.61. The molecule has 0 radical (unpaired) electrons. The van der Waals surface area contributed by atoms with Crippen LogP contribution < -0.4 is 5.01 Å². The first-order valence-corrected chi connectivity index (χ1v) is 5.79. The van der Waals surface area contributed by atoms with Gasteiger partial charge >= 0.3 is 5.97 Å². The summed E-state index contributed by atoms with van der Waals surface area (Å²) in [5.41, 5.74) is 0.809. The molecule has 1 unspecified atom stereocenters. The highest BCUT2D eigenvalue weighted by molar-refractivity contribution is 6.38. The third-order valence-electron chi connectivity index (χ3n) is 2.54. The van der Waals surface area contributed by atoms with E-state index in [2.05, 4.69) is 5.10 Å². The quantitative estimate of drug-likeness (QED) is 0.901. The van der Waals surface area contributed by atoms with Crippen molar-refractivity contribution in [2.24, 2.45) is 5.10 Å². The topological polar surface area (TPSA) is 52.9 Å². The van der Waals surface area contributed by atoms with Crippen LogP contribution in [0.1, 0.15) is 13.3 Å². The van der Waals surface area contributed by atoms with Gasteiger partial charge in [0, 0.05) is 11.4 Å². The minimum atomic E-state index is -0.996. The van der Waals surface area contributed by atoms with Crippen LogP contribution in [0.3, 0.4) is 0 Å². The lowest BCUT2D eigenvalue weighted by Crippen LogP contribution is -2.23. The Kier molecular flexibility index (Phi) is 3.26. The molecule has 0 aromatic heterocycles. The van der Waals surface area contributed by atoms with Crippen LogP contribution in [0.25, 0.3) is 0 Å². The van der Waals surface area contributed by atoms with Crippen molar-refractivity contribution in [3.05, 3.63) is 28.2 Å². The molecule has 1 atom stereocenters. The Bertz CT molecular complexity index is 502. The van der Waals surface area contributed by atoms with Gasteiger partial charge < -0.3 is 5.11 Å². The molecule has 0 fully saturated rings. The van der Waals surface area contributed by atoms with E-state index >= 15 is 0 Å². The summed E-state index contributed by atoms with van der Waals surface area (Å²) >= 11 is 11.9. The molecule has 90 valence electrons. The summed E-state index contributed by atoms with van der Waals surface area (Å²) in [6.45, 7) is 1.89. The minimum absolute atomic E-state index is 0.0280. The summed E-state index contributed by atoms with van der Waals surface area (Å²) in [6, 6.07) is 5.01. The zero-order valence-corrected chi connectivity index (χ0v) is 10.5. The van der Waals surface area contributed by atoms with Crippen LogP contribution in [0, 0.1) is 0 Å². The Morgan fingerprint density at radius 1 is 1.53 bits per heavy atom. The number of hydrogen-bond acceptors (Lipinski definition) is 3. The summed E-state index contributed by atoms with van der Waals surface area (Å²) in [6.07, 6.45) is 0.397. The van der Waals surface area contributed by atoms with E-state index in [9.17, 15) is 4.79 Å². The van der Waals surface area contributed by atoms with Crippen molar-refractivity contribution in [2.75, 3.05) is 5.01 Å². The summed E-state index contributed by atoms with van der Waals surface area (Å²) in [5, 5.41) is 15.6. The molecule has 1 N–H and O–H groups in total. The molecule has 2 rings (SSSR count). The predicted molar refractivity (Wildman–Crippen MR) is 68.1 cm³/mol. The molecule has 0 saturated carbocycles. The van der Waals surface area contributed by atoms with Gasteiger partial charge in [0.25, 0.3) is 0 Å². The Hall–Kier alpha value is -1.26. The van der Waals surface area contributed by atoms with Gasteiger partial charge in [-0.05, 0) is 25.1 Å². The number of carboxylic acids is 1. The molecule has 1 aliphatic rings. The molecule has 1 aromatic carbocycles. The molecule has 17 heavy (non-hydrogen) atoms. The number of benzene rings is 1. The smallest absolute Gasteiger partial charge is 0.352 e. The van der Waals surface area contributed by atoms with Gasteiger partial charge in [-0.25, -0.2) is 4.79 Å². The van der Waals surface area contributed by atoms with Gasteiger partial charge in [0.1, 0.15) is 5.71 Å². The normalized spacial score (nSPS) is 19.4. The molecule has 0 saturated heterocycles. The zero-order chi connectivity index (χ0) is 12.6. The van der Waals surface area contributed by atoms with E-state index in [1.54, 1.807) is 23.2 Å². The molecule has 4 nitrogen and oxygen atoms in total. The number of hydrogen-bond donors (Lipinski definition) is 1. The molecular weight excluding hydrogens is 263 g/mol. The first-order valence-electron chi connectivity index (χ1n) is 5.04. The molecule has 0 spiro atoms. The number of carboxylic acid groups (broad SMARTS) is 1. The van der Waals surface area contributed by atoms with Crippen molar-refractivity contribution in [1.29, 1.82) is 0 Å². The maximum atomic E-state index is 10.9. The number of anilines is 1. The number of carbonyl (C=O) groups is 1. The van der Waals surface area contributed by atoms with Crippen molar-refractivity contribution in [3.63, 3.8) is 0 Å². The lowest BCUT2D eigenvalue weighted by molar-refractivity contribution is -0.129. The van der Waals surface area contributed by atoms with Crippen LogP contribution in [0.2, 0.25) is 10.0 Å². The highest BCUT2D eigenvalue weighted by Gasteiger charge is 2.28. The Morgan fingerprint density at radius 2 is 2.24 bits per heavy atom. The van der Waals surface area contributed by atoms with Gasteiger partial charge in [0.2, 0.25) is 0 Å². The third-order valence-corrected chi connectivity index (χ3v) is 3.08. The van der Waals surface area contributed by atoms with E-state index < -0.39 is 5.97 Å². The lowest BCUT2D eigenvalue weighted by Gasteiger charge is -2.21. The van der Waals surface area contributed by atoms with Crippen LogP contribution >= 0.6 is 23.2 Å². The second kappa shape index (κ2) is 4.55. The van der Waals surface area contributed by atoms with Gasteiger partial charge in [0.15, 0.2) is 0 Å². The molecule has 0 aliphatic carbocycles. The standard InChI is InChI=1S/C11H10Cl2N2O2/c1-6-4-9(11(16)17)14-15(6)10-3-2-7(12)5-8(10)13/h2-3,5-6H,4H2,1H3,(H,16,17). The molecular formula is C11H10Cl2N2O2. The summed E-state index contributed by atoms with van der Waals surface area (Å²) in [7, 11) is 0. The fourth-order valence-electron chi connectivity index (χ4n) is 1.72. The minimum Gasteiger partial charge on any atom is -0.477 e. The molecule has 1 heterocycles. The first-order chi connectivity index (χ1) is 7.99. The molecule has 6 heteroatoms. The summed E-state index contributed by atoms with van der Waals surface area (Å²) < 4.78 is 0. The third kappa shape index (κ3) is 2.37. The SMILES string of the molecule is CC1CC(C(=O)O)=NN1c1ccc(Cl)cc1Cl. The second-order valence-corrected chi connectivity index (χ2v) is 4.69. The van der Waals surface area contributed by atoms with Crippen molar-refractivity contribution in [3.8, 4) is 0 Å². The maximum absolute atomic E-state index is 10.9. The number of rotatable bonds is 2. The summed E-state index contributed by atoms with van der Waals surface area (Å²) in [5.74, 6) is -0.996. The number of nitrogens with zero attached hydrogens (tertiary/aromatic N) is 2. The van der Waals surface area contributed by atoms with Crippen LogP contribution in [0.15, 0.2) is 23.3 Å². The van der Waals surface area contributed by atoms with Gasteiger partial charge in [-0.15, -0.1) is 0 Å².